The second kappa shape index (κ2) is 9.17. The van der Waals surface area contributed by atoms with Crippen LogP contribution in [-0.4, -0.2) is 22.9 Å². The number of nitrogens with one attached hydrogen (secondary N) is 1. The van der Waals surface area contributed by atoms with Crippen molar-refractivity contribution in [1.82, 2.24) is 4.98 Å². The predicted molar refractivity (Wildman–Crippen MR) is 119 cm³/mol. The van der Waals surface area contributed by atoms with Crippen molar-refractivity contribution in [1.29, 1.82) is 0 Å². The molecule has 7 nitrogen and oxygen atoms in total. The molecule has 3 aromatic rings. The van der Waals surface area contributed by atoms with Gasteiger partial charge < -0.3 is 15.8 Å². The molecule has 1 aromatic heterocycles. The van der Waals surface area contributed by atoms with Crippen LogP contribution in [0.4, 0.5) is 20.3 Å². The summed E-state index contributed by atoms with van der Waals surface area (Å²) in [5.41, 5.74) is 5.97. The van der Waals surface area contributed by atoms with Crippen molar-refractivity contribution in [2.75, 3.05) is 11.1 Å². The summed E-state index contributed by atoms with van der Waals surface area (Å²) in [4.78, 5) is 33.2. The Bertz CT molecular complexity index is 1310. The number of aromatic nitrogens is 1. The van der Waals surface area contributed by atoms with Gasteiger partial charge in [0.05, 0.1) is 5.92 Å². The third-order valence-corrected chi connectivity index (χ3v) is 5.13. The van der Waals surface area contributed by atoms with Crippen molar-refractivity contribution in [2.45, 2.75) is 5.92 Å². The van der Waals surface area contributed by atoms with E-state index >= 15 is 0 Å². The number of halogens is 3. The monoisotopic (exact) mass is 468 g/mol. The van der Waals surface area contributed by atoms with Gasteiger partial charge in [0.15, 0.2) is 23.1 Å². The summed E-state index contributed by atoms with van der Waals surface area (Å²) in [5, 5.41) is 2.50. The number of ketones is 1. The highest BCUT2D eigenvalue weighted by atomic mass is 35.5. The molecule has 0 saturated carbocycles. The SMILES string of the molecule is Nc1nccc(Oc2ccc(NC(=O)C3=CN=CC(c4ccc(F)cc4)C3=O)cc2F)c1Cl. The Morgan fingerprint density at radius 1 is 1.09 bits per heavy atom. The Labute approximate surface area is 191 Å². The van der Waals surface area contributed by atoms with Gasteiger partial charge in [-0.1, -0.05) is 23.7 Å². The predicted octanol–water partition coefficient (Wildman–Crippen LogP) is 4.65. The molecule has 0 bridgehead atoms. The number of amides is 1. The molecule has 0 spiro atoms. The fourth-order valence-electron chi connectivity index (χ4n) is 3.08. The molecule has 1 amide bonds. The van der Waals surface area contributed by atoms with Gasteiger partial charge >= 0.3 is 0 Å². The number of anilines is 2. The second-order valence-corrected chi connectivity index (χ2v) is 7.32. The van der Waals surface area contributed by atoms with E-state index in [1.54, 1.807) is 0 Å². The first kappa shape index (κ1) is 22.1. The Kier molecular flexibility index (Phi) is 6.14. The first-order valence-corrected chi connectivity index (χ1v) is 9.93. The minimum atomic E-state index is -0.832. The number of hydrogen-bond acceptors (Lipinski definition) is 6. The Morgan fingerprint density at radius 2 is 1.85 bits per heavy atom. The van der Waals surface area contributed by atoms with Crippen molar-refractivity contribution < 1.29 is 23.1 Å². The van der Waals surface area contributed by atoms with Crippen LogP contribution >= 0.6 is 11.6 Å². The van der Waals surface area contributed by atoms with Crippen molar-refractivity contribution >= 4 is 41.0 Å². The molecule has 3 N–H and O–H groups in total. The average molecular weight is 469 g/mol. The molecule has 0 fully saturated rings. The van der Waals surface area contributed by atoms with Gasteiger partial charge in [-0.2, -0.15) is 0 Å². The van der Waals surface area contributed by atoms with Gasteiger partial charge in [-0.05, 0) is 29.8 Å². The van der Waals surface area contributed by atoms with Crippen LogP contribution in [0.25, 0.3) is 0 Å². The largest absolute Gasteiger partial charge is 0.453 e. The van der Waals surface area contributed by atoms with Gasteiger partial charge in [0.25, 0.3) is 5.91 Å². The minimum absolute atomic E-state index is 0.0329. The molecule has 0 saturated heterocycles. The van der Waals surface area contributed by atoms with Crippen LogP contribution in [-0.2, 0) is 9.59 Å². The number of nitrogens with zero attached hydrogens (tertiary/aromatic N) is 2. The maximum atomic E-state index is 14.6. The van der Waals surface area contributed by atoms with Crippen molar-refractivity contribution in [3.05, 3.63) is 88.7 Å². The topological polar surface area (TPSA) is 107 Å². The zero-order chi connectivity index (χ0) is 23.5. The normalized spacial score (nSPS) is 15.2. The van der Waals surface area contributed by atoms with E-state index in [9.17, 15) is 18.4 Å². The number of pyridine rings is 1. The number of nitrogen functional groups attached to an aromatic ring is 1. The molecule has 1 aliphatic rings. The lowest BCUT2D eigenvalue weighted by molar-refractivity contribution is -0.120. The van der Waals surface area contributed by atoms with E-state index in [-0.39, 0.29) is 33.6 Å². The fourth-order valence-corrected chi connectivity index (χ4v) is 3.23. The Morgan fingerprint density at radius 3 is 2.58 bits per heavy atom. The Hall–Kier alpha value is -4.11. The van der Waals surface area contributed by atoms with E-state index in [1.165, 1.54) is 54.9 Å². The third-order valence-electron chi connectivity index (χ3n) is 4.75. The van der Waals surface area contributed by atoms with Gasteiger partial charge in [0.1, 0.15) is 22.2 Å². The summed E-state index contributed by atoms with van der Waals surface area (Å²) >= 11 is 6.00. The molecule has 33 heavy (non-hydrogen) atoms. The van der Waals surface area contributed by atoms with Crippen LogP contribution in [0.15, 0.2) is 71.5 Å². The van der Waals surface area contributed by atoms with E-state index in [0.717, 1.165) is 12.3 Å². The number of carbonyl (C=O) groups is 2. The maximum Gasteiger partial charge on any atom is 0.260 e. The standard InChI is InChI=1S/C23H15ClF2N4O3/c24-20-19(7-8-29-22(20)27)33-18-6-5-14(9-17(18)26)30-23(32)16-11-28-10-15(21(16)31)12-1-3-13(25)4-2-12/h1-11,15H,(H2,27,29)(H,30,32). The van der Waals surface area contributed by atoms with Crippen LogP contribution in [0.5, 0.6) is 11.5 Å². The van der Waals surface area contributed by atoms with Gasteiger partial charge in [-0.3, -0.25) is 14.6 Å². The van der Waals surface area contributed by atoms with Crippen LogP contribution in [0.3, 0.4) is 0 Å². The van der Waals surface area contributed by atoms with Gasteiger partial charge in [0.2, 0.25) is 0 Å². The molecular formula is C23H15ClF2N4O3. The lowest BCUT2D eigenvalue weighted by Crippen LogP contribution is -2.27. The lowest BCUT2D eigenvalue weighted by atomic mass is 9.90. The summed E-state index contributed by atoms with van der Waals surface area (Å²) in [7, 11) is 0. The van der Waals surface area contributed by atoms with Gasteiger partial charge in [0, 0.05) is 36.4 Å². The number of ether oxygens (including phenoxy) is 1. The highest BCUT2D eigenvalue weighted by Gasteiger charge is 2.29. The molecule has 1 aliphatic heterocycles. The zero-order valence-corrected chi connectivity index (χ0v) is 17.5. The van der Waals surface area contributed by atoms with Crippen LogP contribution < -0.4 is 15.8 Å². The number of nitrogens with two attached hydrogens (primary N) is 1. The number of hydrogen-bond donors (Lipinski definition) is 2. The highest BCUT2D eigenvalue weighted by Crippen LogP contribution is 2.34. The number of carbonyl (C=O) groups excluding carboxylic acids is 2. The summed E-state index contributed by atoms with van der Waals surface area (Å²) < 4.78 is 33.2. The summed E-state index contributed by atoms with van der Waals surface area (Å²) in [6, 6.07) is 10.5. The fraction of sp³-hybridized carbons (Fsp3) is 0.0435. The van der Waals surface area contributed by atoms with Crippen LogP contribution in [0.2, 0.25) is 5.02 Å². The number of Topliss-reactive ketones (excluding diaryl/α,β-unsaturated/α-hetero) is 1. The van der Waals surface area contributed by atoms with Crippen molar-refractivity contribution in [2.24, 2.45) is 4.99 Å². The van der Waals surface area contributed by atoms with Gasteiger partial charge in [-0.25, -0.2) is 13.8 Å². The molecular weight excluding hydrogens is 454 g/mol. The van der Waals surface area contributed by atoms with Crippen LogP contribution in [0.1, 0.15) is 11.5 Å². The lowest BCUT2D eigenvalue weighted by Gasteiger charge is -2.17. The smallest absolute Gasteiger partial charge is 0.260 e. The van der Waals surface area contributed by atoms with Crippen molar-refractivity contribution in [3.8, 4) is 11.5 Å². The average Bonchev–Trinajstić information content (AvgIpc) is 2.79. The molecule has 1 atom stereocenters. The quantitative estimate of drug-likeness (QED) is 0.530. The molecule has 4 rings (SSSR count). The molecule has 10 heteroatoms. The summed E-state index contributed by atoms with van der Waals surface area (Å²) in [5.74, 6) is -3.35. The van der Waals surface area contributed by atoms with Gasteiger partial charge in [-0.15, -0.1) is 0 Å². The molecule has 1 unspecified atom stereocenters. The van der Waals surface area contributed by atoms with Crippen molar-refractivity contribution in [3.63, 3.8) is 0 Å². The summed E-state index contributed by atoms with van der Waals surface area (Å²) in [6.45, 7) is 0. The number of aliphatic imine (C=N–C) groups is 1. The van der Waals surface area contributed by atoms with E-state index in [2.05, 4.69) is 15.3 Å². The first-order valence-electron chi connectivity index (χ1n) is 9.55. The van der Waals surface area contributed by atoms with Crippen LogP contribution in [0, 0.1) is 11.6 Å². The molecule has 2 heterocycles. The van der Waals surface area contributed by atoms with E-state index in [4.69, 9.17) is 22.1 Å². The Balaban J connectivity index is 1.48. The first-order chi connectivity index (χ1) is 15.8. The van der Waals surface area contributed by atoms with E-state index < -0.39 is 29.2 Å². The summed E-state index contributed by atoms with van der Waals surface area (Å²) in [6.07, 6.45) is 3.86. The molecule has 2 aromatic carbocycles. The maximum absolute atomic E-state index is 14.6. The molecule has 0 aliphatic carbocycles. The number of benzene rings is 2. The molecule has 0 radical (unpaired) electrons. The second-order valence-electron chi connectivity index (χ2n) is 6.94. The third kappa shape index (κ3) is 4.73. The number of rotatable bonds is 5. The molecule has 166 valence electrons. The van der Waals surface area contributed by atoms with E-state index in [0.29, 0.717) is 5.56 Å². The zero-order valence-electron chi connectivity index (χ0n) is 16.8. The highest BCUT2D eigenvalue weighted by molar-refractivity contribution is 6.34. The van der Waals surface area contributed by atoms with E-state index in [1.807, 2.05) is 0 Å². The minimum Gasteiger partial charge on any atom is -0.453 e.